The molecule has 0 radical (unpaired) electrons. The van der Waals surface area contributed by atoms with Crippen LogP contribution in [0.5, 0.6) is 5.75 Å². The molecule has 2 amide bonds. The minimum absolute atomic E-state index is 0.0382. The second-order valence-corrected chi connectivity index (χ2v) is 7.84. The lowest BCUT2D eigenvalue weighted by Gasteiger charge is -2.12. The fourth-order valence-electron chi connectivity index (χ4n) is 3.16. The Bertz CT molecular complexity index is 1100. The molecule has 1 aliphatic rings. The first-order valence-electron chi connectivity index (χ1n) is 11.6. The molecule has 0 N–H and O–H groups in total. The highest BCUT2D eigenvalue weighted by Gasteiger charge is 2.33. The van der Waals surface area contributed by atoms with Gasteiger partial charge >= 0.3 is 11.9 Å². The standard InChI is InChI=1S/C26H27N3O7/c1-2-25(32)35-18-6-4-3-5-17-34-22-13-11-21(12-14-22)28-27-20-9-7-19(8-10-20)26(33)36-29-23(30)15-16-24(29)31/h2,7-14H,1,3-6,15-18H2. The summed E-state index contributed by atoms with van der Waals surface area (Å²) >= 11 is 0. The molecule has 3 rings (SSSR count). The van der Waals surface area contributed by atoms with E-state index < -0.39 is 23.8 Å². The average Bonchev–Trinajstić information content (AvgIpc) is 3.21. The zero-order valence-corrected chi connectivity index (χ0v) is 19.8. The minimum atomic E-state index is -0.799. The molecular formula is C26H27N3O7. The lowest BCUT2D eigenvalue weighted by Crippen LogP contribution is -2.32. The molecule has 0 saturated carbocycles. The Morgan fingerprint density at radius 1 is 0.833 bits per heavy atom. The van der Waals surface area contributed by atoms with E-state index in [0.29, 0.717) is 29.7 Å². The SMILES string of the molecule is C=CC(=O)OCCCCCCOc1ccc(N=Nc2ccc(C(=O)ON3C(=O)CCC3=O)cc2)cc1. The molecule has 1 aliphatic heterocycles. The number of carbonyl (C=O) groups excluding carboxylic acids is 4. The van der Waals surface area contributed by atoms with Crippen molar-refractivity contribution in [2.75, 3.05) is 13.2 Å². The summed E-state index contributed by atoms with van der Waals surface area (Å²) in [5, 5.41) is 8.81. The number of ether oxygens (including phenoxy) is 2. The lowest BCUT2D eigenvalue weighted by molar-refractivity contribution is -0.172. The van der Waals surface area contributed by atoms with Crippen LogP contribution in [0, 0.1) is 0 Å². The van der Waals surface area contributed by atoms with E-state index in [-0.39, 0.29) is 18.4 Å². The highest BCUT2D eigenvalue weighted by Crippen LogP contribution is 2.22. The van der Waals surface area contributed by atoms with Crippen molar-refractivity contribution in [2.24, 2.45) is 10.2 Å². The van der Waals surface area contributed by atoms with Gasteiger partial charge in [0.15, 0.2) is 0 Å². The van der Waals surface area contributed by atoms with E-state index in [1.54, 1.807) is 24.3 Å². The Morgan fingerprint density at radius 3 is 1.97 bits per heavy atom. The minimum Gasteiger partial charge on any atom is -0.494 e. The number of carbonyl (C=O) groups is 4. The van der Waals surface area contributed by atoms with E-state index in [0.717, 1.165) is 37.5 Å². The molecule has 10 nitrogen and oxygen atoms in total. The van der Waals surface area contributed by atoms with Crippen LogP contribution in [0.2, 0.25) is 0 Å². The van der Waals surface area contributed by atoms with Gasteiger partial charge in [0.05, 0.1) is 30.2 Å². The number of amides is 2. The van der Waals surface area contributed by atoms with Crippen molar-refractivity contribution in [2.45, 2.75) is 38.5 Å². The molecule has 1 saturated heterocycles. The topological polar surface area (TPSA) is 124 Å². The van der Waals surface area contributed by atoms with Crippen LogP contribution in [0.15, 0.2) is 71.4 Å². The summed E-state index contributed by atoms with van der Waals surface area (Å²) in [5.74, 6) is -1.53. The molecule has 1 fully saturated rings. The molecule has 10 heteroatoms. The second kappa shape index (κ2) is 13.5. The van der Waals surface area contributed by atoms with Gasteiger partial charge in [0.25, 0.3) is 11.8 Å². The molecule has 0 atom stereocenters. The molecule has 2 aromatic carbocycles. The van der Waals surface area contributed by atoms with Gasteiger partial charge in [0.2, 0.25) is 0 Å². The molecule has 0 aliphatic carbocycles. The van der Waals surface area contributed by atoms with Gasteiger partial charge in [-0.25, -0.2) is 9.59 Å². The Morgan fingerprint density at radius 2 is 1.39 bits per heavy atom. The van der Waals surface area contributed by atoms with Gasteiger partial charge in [-0.2, -0.15) is 10.2 Å². The van der Waals surface area contributed by atoms with Crippen LogP contribution < -0.4 is 4.74 Å². The van der Waals surface area contributed by atoms with Gasteiger partial charge in [-0.1, -0.05) is 6.58 Å². The van der Waals surface area contributed by atoms with E-state index in [4.69, 9.17) is 14.3 Å². The Labute approximate surface area is 208 Å². The predicted molar refractivity (Wildman–Crippen MR) is 129 cm³/mol. The van der Waals surface area contributed by atoms with Crippen LogP contribution in [-0.4, -0.2) is 42.0 Å². The van der Waals surface area contributed by atoms with Crippen LogP contribution in [0.4, 0.5) is 11.4 Å². The summed E-state index contributed by atoms with van der Waals surface area (Å²) in [6.07, 6.45) is 4.87. The van der Waals surface area contributed by atoms with Gasteiger partial charge < -0.3 is 14.3 Å². The number of nitrogens with zero attached hydrogens (tertiary/aromatic N) is 3. The lowest BCUT2D eigenvalue weighted by atomic mass is 10.2. The fraction of sp³-hybridized carbons (Fsp3) is 0.308. The van der Waals surface area contributed by atoms with Gasteiger partial charge in [-0.15, -0.1) is 5.06 Å². The van der Waals surface area contributed by atoms with E-state index in [9.17, 15) is 19.2 Å². The highest BCUT2D eigenvalue weighted by molar-refractivity contribution is 6.02. The molecule has 0 unspecified atom stereocenters. The molecule has 188 valence electrons. The third-order valence-corrected chi connectivity index (χ3v) is 5.12. The van der Waals surface area contributed by atoms with Crippen molar-refractivity contribution >= 4 is 35.1 Å². The zero-order valence-electron chi connectivity index (χ0n) is 19.8. The van der Waals surface area contributed by atoms with Crippen LogP contribution in [0.25, 0.3) is 0 Å². The normalized spacial score (nSPS) is 13.2. The van der Waals surface area contributed by atoms with Gasteiger partial charge in [-0.05, 0) is 74.2 Å². The summed E-state index contributed by atoms with van der Waals surface area (Å²) in [4.78, 5) is 51.1. The van der Waals surface area contributed by atoms with E-state index in [2.05, 4.69) is 16.8 Å². The molecule has 36 heavy (non-hydrogen) atoms. The first kappa shape index (κ1) is 26.3. The summed E-state index contributed by atoms with van der Waals surface area (Å²) in [6, 6.07) is 13.3. The van der Waals surface area contributed by atoms with E-state index in [1.165, 1.54) is 12.1 Å². The van der Waals surface area contributed by atoms with Crippen LogP contribution in [0.3, 0.4) is 0 Å². The molecule has 1 heterocycles. The smallest absolute Gasteiger partial charge is 0.363 e. The van der Waals surface area contributed by atoms with Crippen molar-refractivity contribution in [1.82, 2.24) is 5.06 Å². The summed E-state index contributed by atoms with van der Waals surface area (Å²) < 4.78 is 10.6. The number of hydroxylamine groups is 2. The van der Waals surface area contributed by atoms with Crippen molar-refractivity contribution in [1.29, 1.82) is 0 Å². The Hall–Kier alpha value is -4.34. The summed E-state index contributed by atoms with van der Waals surface area (Å²) in [5.41, 5.74) is 1.32. The van der Waals surface area contributed by atoms with E-state index >= 15 is 0 Å². The summed E-state index contributed by atoms with van der Waals surface area (Å²) in [7, 11) is 0. The predicted octanol–water partition coefficient (Wildman–Crippen LogP) is 4.99. The van der Waals surface area contributed by atoms with Crippen LogP contribution in [-0.2, 0) is 24.0 Å². The fourth-order valence-corrected chi connectivity index (χ4v) is 3.16. The Kier molecular flexibility index (Phi) is 9.87. The third kappa shape index (κ3) is 8.15. The van der Waals surface area contributed by atoms with Gasteiger partial charge in [0, 0.05) is 18.9 Å². The quantitative estimate of drug-likeness (QED) is 0.127. The Balaban J connectivity index is 1.37. The van der Waals surface area contributed by atoms with Crippen LogP contribution in [0.1, 0.15) is 48.9 Å². The first-order valence-corrected chi connectivity index (χ1v) is 11.6. The number of esters is 1. The zero-order chi connectivity index (χ0) is 25.8. The van der Waals surface area contributed by atoms with Crippen molar-refractivity contribution in [3.8, 4) is 5.75 Å². The number of hydrogen-bond acceptors (Lipinski definition) is 9. The first-order chi connectivity index (χ1) is 17.5. The second-order valence-electron chi connectivity index (χ2n) is 7.84. The number of imide groups is 1. The monoisotopic (exact) mass is 493 g/mol. The molecule has 0 spiro atoms. The van der Waals surface area contributed by atoms with Crippen molar-refractivity contribution in [3.63, 3.8) is 0 Å². The number of benzene rings is 2. The maximum Gasteiger partial charge on any atom is 0.363 e. The summed E-state index contributed by atoms with van der Waals surface area (Å²) in [6.45, 7) is 4.34. The largest absolute Gasteiger partial charge is 0.494 e. The van der Waals surface area contributed by atoms with Gasteiger partial charge in [-0.3, -0.25) is 9.59 Å². The molecule has 0 bridgehead atoms. The van der Waals surface area contributed by atoms with Crippen LogP contribution >= 0.6 is 0 Å². The number of azo groups is 1. The maximum absolute atomic E-state index is 12.1. The maximum atomic E-state index is 12.1. The average molecular weight is 494 g/mol. The van der Waals surface area contributed by atoms with E-state index in [1.807, 2.05) is 12.1 Å². The third-order valence-electron chi connectivity index (χ3n) is 5.12. The van der Waals surface area contributed by atoms with Crippen molar-refractivity contribution in [3.05, 3.63) is 66.7 Å². The molecular weight excluding hydrogens is 466 g/mol. The van der Waals surface area contributed by atoms with Crippen molar-refractivity contribution < 1.29 is 33.5 Å². The number of rotatable bonds is 13. The number of unbranched alkanes of at least 4 members (excludes halogenated alkanes) is 3. The van der Waals surface area contributed by atoms with Gasteiger partial charge in [0.1, 0.15) is 5.75 Å². The molecule has 0 aromatic heterocycles. The molecule has 2 aromatic rings. The highest BCUT2D eigenvalue weighted by atomic mass is 16.7. The number of hydrogen-bond donors (Lipinski definition) is 0.